The van der Waals surface area contributed by atoms with E-state index in [-0.39, 0.29) is 24.7 Å². The normalized spacial score (nSPS) is 11.2. The monoisotopic (exact) mass is 401 g/mol. The predicted octanol–water partition coefficient (Wildman–Crippen LogP) is 2.09. The minimum atomic E-state index is -0.526. The molecule has 0 aliphatic heterocycles. The average Bonchev–Trinajstić information content (AvgIpc) is 3.28. The Labute approximate surface area is 163 Å². The summed E-state index contributed by atoms with van der Waals surface area (Å²) in [4.78, 5) is 8.66. The summed E-state index contributed by atoms with van der Waals surface area (Å²) in [6.45, 7) is 0.258. The van der Waals surface area contributed by atoms with Crippen LogP contribution in [0.5, 0.6) is 5.88 Å². The van der Waals surface area contributed by atoms with E-state index in [0.717, 1.165) is 18.2 Å². The van der Waals surface area contributed by atoms with Crippen molar-refractivity contribution in [2.24, 2.45) is 0 Å². The topological polar surface area (TPSA) is 103 Å². The third-order valence-corrected chi connectivity index (χ3v) is 4.20. The maximum Gasteiger partial charge on any atom is 0.256 e. The van der Waals surface area contributed by atoms with Gasteiger partial charge in [0, 0.05) is 11.8 Å². The molecule has 9 nitrogen and oxygen atoms in total. The fraction of sp³-hybridized carbons (Fsp3) is 0.222. The summed E-state index contributed by atoms with van der Waals surface area (Å²) in [5.41, 5.74) is 1.13. The van der Waals surface area contributed by atoms with Gasteiger partial charge in [-0.2, -0.15) is 10.1 Å². The van der Waals surface area contributed by atoms with Crippen LogP contribution < -0.4 is 10.1 Å². The van der Waals surface area contributed by atoms with Crippen LogP contribution in [0.1, 0.15) is 5.56 Å². The zero-order valence-corrected chi connectivity index (χ0v) is 15.4. The number of nitrogens with zero attached hydrogens (tertiary/aromatic N) is 6. The van der Waals surface area contributed by atoms with Crippen LogP contribution in [0.15, 0.2) is 36.8 Å². The lowest BCUT2D eigenvalue weighted by Crippen LogP contribution is -2.06. The number of benzene rings is 1. The number of hydrogen-bond acceptors (Lipinski definition) is 7. The molecule has 0 fully saturated rings. The Balaban J connectivity index is 1.64. The van der Waals surface area contributed by atoms with Gasteiger partial charge in [0.2, 0.25) is 5.95 Å². The first-order valence-corrected chi connectivity index (χ1v) is 8.69. The standard InChI is InChI=1S/C18H17F2N7O2/c1-29-17-15(10-26(25-17)4-5-28)23-18-21-7-12-8-22-27(16(12)24-18)9-11-6-13(19)2-3-14(11)20/h2-3,6-8,10,28H,4-5,9H2,1H3,(H,21,23,24). The molecule has 1 aromatic carbocycles. The number of methoxy groups -OCH3 is 1. The first-order valence-electron chi connectivity index (χ1n) is 8.69. The first kappa shape index (κ1) is 18.7. The van der Waals surface area contributed by atoms with Gasteiger partial charge in [-0.1, -0.05) is 0 Å². The van der Waals surface area contributed by atoms with E-state index >= 15 is 0 Å². The van der Waals surface area contributed by atoms with E-state index in [9.17, 15) is 8.78 Å². The fourth-order valence-electron chi connectivity index (χ4n) is 2.85. The first-order chi connectivity index (χ1) is 14.1. The molecule has 2 N–H and O–H groups in total. The molecule has 150 valence electrons. The van der Waals surface area contributed by atoms with Gasteiger partial charge >= 0.3 is 0 Å². The van der Waals surface area contributed by atoms with Gasteiger partial charge in [0.05, 0.1) is 44.6 Å². The van der Waals surface area contributed by atoms with Gasteiger partial charge < -0.3 is 15.2 Å². The molecule has 29 heavy (non-hydrogen) atoms. The maximum atomic E-state index is 14.0. The molecule has 0 spiro atoms. The van der Waals surface area contributed by atoms with Crippen molar-refractivity contribution < 1.29 is 18.6 Å². The summed E-state index contributed by atoms with van der Waals surface area (Å²) in [7, 11) is 1.48. The van der Waals surface area contributed by atoms with E-state index in [1.54, 1.807) is 18.6 Å². The Hall–Kier alpha value is -3.60. The molecule has 4 aromatic rings. The van der Waals surface area contributed by atoms with Gasteiger partial charge in [-0.25, -0.2) is 18.4 Å². The van der Waals surface area contributed by atoms with Crippen LogP contribution in [0.25, 0.3) is 11.0 Å². The van der Waals surface area contributed by atoms with Crippen LogP contribution in [0.4, 0.5) is 20.4 Å². The molecule has 3 aromatic heterocycles. The zero-order chi connectivity index (χ0) is 20.4. The second-order valence-electron chi connectivity index (χ2n) is 6.17. The highest BCUT2D eigenvalue weighted by molar-refractivity contribution is 5.75. The maximum absolute atomic E-state index is 14.0. The largest absolute Gasteiger partial charge is 0.478 e. The van der Waals surface area contributed by atoms with Crippen molar-refractivity contribution in [2.75, 3.05) is 19.0 Å². The molecule has 0 saturated carbocycles. The molecule has 11 heteroatoms. The van der Waals surface area contributed by atoms with Crippen molar-refractivity contribution in [1.29, 1.82) is 0 Å². The number of aliphatic hydroxyl groups is 1. The lowest BCUT2D eigenvalue weighted by atomic mass is 10.2. The molecular weight excluding hydrogens is 384 g/mol. The molecule has 0 aliphatic carbocycles. The number of halogens is 2. The summed E-state index contributed by atoms with van der Waals surface area (Å²) in [5, 5.41) is 21.1. The molecule has 4 rings (SSSR count). The molecule has 0 radical (unpaired) electrons. The quantitative estimate of drug-likeness (QED) is 0.489. The third kappa shape index (κ3) is 3.85. The number of fused-ring (bicyclic) bond motifs is 1. The van der Waals surface area contributed by atoms with E-state index in [0.29, 0.717) is 29.1 Å². The minimum Gasteiger partial charge on any atom is -0.478 e. The van der Waals surface area contributed by atoms with Crippen LogP contribution in [0, 0.1) is 11.6 Å². The van der Waals surface area contributed by atoms with Gasteiger partial charge in [-0.05, 0) is 18.2 Å². The molecule has 0 atom stereocenters. The van der Waals surface area contributed by atoms with E-state index in [1.807, 2.05) is 0 Å². The molecule has 3 heterocycles. The van der Waals surface area contributed by atoms with E-state index in [4.69, 9.17) is 9.84 Å². The second-order valence-corrected chi connectivity index (χ2v) is 6.17. The Morgan fingerprint density at radius 2 is 2.10 bits per heavy atom. The van der Waals surface area contributed by atoms with Crippen LogP contribution in [-0.4, -0.2) is 48.4 Å². The smallest absolute Gasteiger partial charge is 0.256 e. The number of rotatable bonds is 7. The van der Waals surface area contributed by atoms with Crippen molar-refractivity contribution in [3.63, 3.8) is 0 Å². The molecular formula is C18H17F2N7O2. The fourth-order valence-corrected chi connectivity index (χ4v) is 2.85. The van der Waals surface area contributed by atoms with Crippen molar-refractivity contribution in [2.45, 2.75) is 13.1 Å². The highest BCUT2D eigenvalue weighted by Gasteiger charge is 2.14. The highest BCUT2D eigenvalue weighted by Crippen LogP contribution is 2.25. The van der Waals surface area contributed by atoms with Gasteiger partial charge in [0.15, 0.2) is 5.65 Å². The number of aromatic nitrogens is 6. The van der Waals surface area contributed by atoms with Crippen molar-refractivity contribution in [3.05, 3.63) is 54.0 Å². The van der Waals surface area contributed by atoms with E-state index < -0.39 is 11.6 Å². The zero-order valence-electron chi connectivity index (χ0n) is 15.4. The van der Waals surface area contributed by atoms with Crippen LogP contribution in [-0.2, 0) is 13.1 Å². The Kier molecular flexibility index (Phi) is 5.04. The lowest BCUT2D eigenvalue weighted by molar-refractivity contribution is 0.267. The number of aliphatic hydroxyl groups excluding tert-OH is 1. The average molecular weight is 401 g/mol. The molecule has 0 bridgehead atoms. The SMILES string of the molecule is COc1nn(CCO)cc1Nc1ncc2cnn(Cc3cc(F)ccc3F)c2n1. The van der Waals surface area contributed by atoms with E-state index in [1.165, 1.54) is 16.5 Å². The summed E-state index contributed by atoms with van der Waals surface area (Å²) in [6.07, 6.45) is 4.78. The highest BCUT2D eigenvalue weighted by atomic mass is 19.1. The molecule has 0 unspecified atom stereocenters. The number of nitrogens with one attached hydrogen (secondary N) is 1. The predicted molar refractivity (Wildman–Crippen MR) is 99.9 cm³/mol. The van der Waals surface area contributed by atoms with E-state index in [2.05, 4.69) is 25.5 Å². The summed E-state index contributed by atoms with van der Waals surface area (Å²) >= 11 is 0. The van der Waals surface area contributed by atoms with Gasteiger partial charge in [0.1, 0.15) is 17.3 Å². The minimum absolute atomic E-state index is 0.0152. The number of ether oxygens (including phenoxy) is 1. The second kappa shape index (κ2) is 7.80. The van der Waals surface area contributed by atoms with Crippen LogP contribution in [0.2, 0.25) is 0 Å². The Bertz CT molecular complexity index is 1160. The molecule has 0 aliphatic rings. The molecule has 0 amide bonds. The van der Waals surface area contributed by atoms with Gasteiger partial charge in [-0.3, -0.25) is 4.68 Å². The van der Waals surface area contributed by atoms with Crippen molar-refractivity contribution in [1.82, 2.24) is 29.5 Å². The summed E-state index contributed by atoms with van der Waals surface area (Å²) < 4.78 is 35.6. The van der Waals surface area contributed by atoms with Crippen molar-refractivity contribution >= 4 is 22.7 Å². The van der Waals surface area contributed by atoms with Crippen LogP contribution in [0.3, 0.4) is 0 Å². The Morgan fingerprint density at radius 3 is 2.90 bits per heavy atom. The van der Waals surface area contributed by atoms with Crippen LogP contribution >= 0.6 is 0 Å². The Morgan fingerprint density at radius 1 is 1.24 bits per heavy atom. The summed E-state index contributed by atoms with van der Waals surface area (Å²) in [6, 6.07) is 3.27. The van der Waals surface area contributed by atoms with Crippen molar-refractivity contribution in [3.8, 4) is 5.88 Å². The number of hydrogen-bond donors (Lipinski definition) is 2. The molecule has 0 saturated heterocycles. The number of anilines is 2. The summed E-state index contributed by atoms with van der Waals surface area (Å²) in [5.74, 6) is -0.483. The van der Waals surface area contributed by atoms with Gasteiger partial charge in [0.25, 0.3) is 5.88 Å². The third-order valence-electron chi connectivity index (χ3n) is 4.20. The van der Waals surface area contributed by atoms with Gasteiger partial charge in [-0.15, -0.1) is 5.10 Å². The lowest BCUT2D eigenvalue weighted by Gasteiger charge is -2.07.